The molecule has 0 aliphatic heterocycles. The molecule has 1 atom stereocenters. The summed E-state index contributed by atoms with van der Waals surface area (Å²) in [5.74, 6) is 0.875. The van der Waals surface area contributed by atoms with Crippen LogP contribution in [0.3, 0.4) is 0 Å². The summed E-state index contributed by atoms with van der Waals surface area (Å²) in [6.45, 7) is 5.08. The van der Waals surface area contributed by atoms with E-state index in [1.54, 1.807) is 18.4 Å². The van der Waals surface area contributed by atoms with Crippen LogP contribution in [0.2, 0.25) is 0 Å². The van der Waals surface area contributed by atoms with Crippen molar-refractivity contribution in [3.05, 3.63) is 44.3 Å². The summed E-state index contributed by atoms with van der Waals surface area (Å²) in [7, 11) is 1.69. The first kappa shape index (κ1) is 15.5. The molecule has 1 unspecified atom stereocenters. The van der Waals surface area contributed by atoms with Crippen molar-refractivity contribution < 1.29 is 4.74 Å². The number of hydrogen-bond acceptors (Lipinski definition) is 4. The summed E-state index contributed by atoms with van der Waals surface area (Å²) in [4.78, 5) is 5.80. The lowest BCUT2D eigenvalue weighted by molar-refractivity contribution is 0.413. The van der Waals surface area contributed by atoms with Gasteiger partial charge in [-0.05, 0) is 37.1 Å². The Bertz CT molecular complexity index is 571. The highest BCUT2D eigenvalue weighted by Crippen LogP contribution is 2.24. The van der Waals surface area contributed by atoms with Gasteiger partial charge >= 0.3 is 0 Å². The topological polar surface area (TPSA) is 34.2 Å². The largest absolute Gasteiger partial charge is 0.497 e. The number of hydrogen-bond donors (Lipinski definition) is 1. The monoisotopic (exact) mass is 354 g/mol. The Morgan fingerprint density at radius 1 is 1.45 bits per heavy atom. The highest BCUT2D eigenvalue weighted by molar-refractivity contribution is 9.10. The fourth-order valence-electron chi connectivity index (χ4n) is 1.85. The predicted molar refractivity (Wildman–Crippen MR) is 87.4 cm³/mol. The number of aryl methyl sites for hydroxylation is 1. The molecule has 108 valence electrons. The predicted octanol–water partition coefficient (Wildman–Crippen LogP) is 4.33. The molecule has 1 N–H and O–H groups in total. The van der Waals surface area contributed by atoms with Crippen LogP contribution in [-0.2, 0) is 13.0 Å². The maximum absolute atomic E-state index is 5.26. The third-order valence-electron chi connectivity index (χ3n) is 3.14. The summed E-state index contributed by atoms with van der Waals surface area (Å²) in [5.41, 5.74) is 1.18. The molecule has 5 heteroatoms. The molecule has 0 aliphatic rings. The third-order valence-corrected chi connectivity index (χ3v) is 5.24. The van der Waals surface area contributed by atoms with Crippen LogP contribution in [0.15, 0.2) is 28.9 Å². The van der Waals surface area contributed by atoms with Gasteiger partial charge in [-0.3, -0.25) is 0 Å². The van der Waals surface area contributed by atoms with Gasteiger partial charge < -0.3 is 10.1 Å². The zero-order valence-corrected chi connectivity index (χ0v) is 14.3. The zero-order chi connectivity index (χ0) is 14.5. The average molecular weight is 355 g/mol. The molecule has 20 heavy (non-hydrogen) atoms. The quantitative estimate of drug-likeness (QED) is 0.838. The van der Waals surface area contributed by atoms with E-state index >= 15 is 0 Å². The van der Waals surface area contributed by atoms with E-state index in [-0.39, 0.29) is 6.04 Å². The minimum atomic E-state index is 0.249. The van der Waals surface area contributed by atoms with Gasteiger partial charge in [0.1, 0.15) is 10.8 Å². The lowest BCUT2D eigenvalue weighted by Gasteiger charge is -2.13. The first-order valence-electron chi connectivity index (χ1n) is 6.64. The molecule has 1 aromatic heterocycles. The Morgan fingerprint density at radius 3 is 2.90 bits per heavy atom. The van der Waals surface area contributed by atoms with E-state index in [1.165, 1.54) is 10.4 Å². The van der Waals surface area contributed by atoms with Gasteiger partial charge in [0, 0.05) is 22.1 Å². The van der Waals surface area contributed by atoms with Crippen molar-refractivity contribution in [3.8, 4) is 5.75 Å². The van der Waals surface area contributed by atoms with Crippen molar-refractivity contribution in [2.24, 2.45) is 0 Å². The van der Waals surface area contributed by atoms with Crippen LogP contribution in [-0.4, -0.2) is 12.1 Å². The SMILES string of the molecule is CCc1cnc(C(C)NCc2cc(OC)ccc2Br)s1. The standard InChI is InChI=1S/C15H19BrN2OS/c1-4-13-9-18-15(20-13)10(2)17-8-11-7-12(19-3)5-6-14(11)16/h5-7,9-10,17H,4,8H2,1-3H3. The molecule has 0 fully saturated rings. The Morgan fingerprint density at radius 2 is 2.25 bits per heavy atom. The highest BCUT2D eigenvalue weighted by atomic mass is 79.9. The van der Waals surface area contributed by atoms with Gasteiger partial charge in [-0.1, -0.05) is 22.9 Å². The number of nitrogens with one attached hydrogen (secondary N) is 1. The van der Waals surface area contributed by atoms with Crippen LogP contribution < -0.4 is 10.1 Å². The van der Waals surface area contributed by atoms with E-state index in [1.807, 2.05) is 24.4 Å². The summed E-state index contributed by atoms with van der Waals surface area (Å²) in [5, 5.41) is 4.65. The second-order valence-corrected chi connectivity index (χ2v) is 6.58. The first-order valence-corrected chi connectivity index (χ1v) is 8.25. The van der Waals surface area contributed by atoms with Crippen molar-refractivity contribution in [2.45, 2.75) is 32.9 Å². The van der Waals surface area contributed by atoms with E-state index in [9.17, 15) is 0 Å². The maximum atomic E-state index is 5.26. The van der Waals surface area contributed by atoms with Gasteiger partial charge in [0.05, 0.1) is 13.2 Å². The molecule has 0 bridgehead atoms. The molecule has 0 radical (unpaired) electrons. The molecule has 2 rings (SSSR count). The minimum Gasteiger partial charge on any atom is -0.497 e. The second kappa shape index (κ2) is 7.20. The molecule has 1 heterocycles. The number of methoxy groups -OCH3 is 1. The number of halogens is 1. The second-order valence-electron chi connectivity index (χ2n) is 4.58. The van der Waals surface area contributed by atoms with Gasteiger partial charge in [-0.15, -0.1) is 11.3 Å². The first-order chi connectivity index (χ1) is 9.63. The summed E-state index contributed by atoms with van der Waals surface area (Å²) in [6, 6.07) is 6.26. The Balaban J connectivity index is 2.00. The van der Waals surface area contributed by atoms with Crippen molar-refractivity contribution in [1.82, 2.24) is 10.3 Å². The van der Waals surface area contributed by atoms with Crippen LogP contribution >= 0.6 is 27.3 Å². The fraction of sp³-hybridized carbons (Fsp3) is 0.400. The summed E-state index contributed by atoms with van der Waals surface area (Å²) < 4.78 is 6.35. The molecule has 1 aromatic carbocycles. The zero-order valence-electron chi connectivity index (χ0n) is 11.9. The molecule has 0 spiro atoms. The third kappa shape index (κ3) is 3.81. The van der Waals surface area contributed by atoms with E-state index in [0.29, 0.717) is 0 Å². The van der Waals surface area contributed by atoms with Gasteiger partial charge in [-0.2, -0.15) is 0 Å². The molecule has 0 aliphatic carbocycles. The minimum absolute atomic E-state index is 0.249. The normalized spacial score (nSPS) is 12.4. The molecular formula is C15H19BrN2OS. The average Bonchev–Trinajstić information content (AvgIpc) is 2.95. The van der Waals surface area contributed by atoms with Crippen LogP contribution in [0.4, 0.5) is 0 Å². The van der Waals surface area contributed by atoms with Crippen LogP contribution in [0.1, 0.15) is 35.3 Å². The Kier molecular flexibility index (Phi) is 5.57. The van der Waals surface area contributed by atoms with Crippen molar-refractivity contribution in [2.75, 3.05) is 7.11 Å². The molecule has 0 amide bonds. The van der Waals surface area contributed by atoms with Crippen molar-refractivity contribution >= 4 is 27.3 Å². The maximum Gasteiger partial charge on any atom is 0.119 e. The summed E-state index contributed by atoms with van der Waals surface area (Å²) >= 11 is 5.35. The van der Waals surface area contributed by atoms with Crippen LogP contribution in [0, 0.1) is 0 Å². The van der Waals surface area contributed by atoms with Crippen LogP contribution in [0.5, 0.6) is 5.75 Å². The van der Waals surface area contributed by atoms with Gasteiger partial charge in [-0.25, -0.2) is 4.98 Å². The van der Waals surface area contributed by atoms with E-state index in [0.717, 1.165) is 28.2 Å². The summed E-state index contributed by atoms with van der Waals surface area (Å²) in [6.07, 6.45) is 3.02. The van der Waals surface area contributed by atoms with Gasteiger partial charge in [0.25, 0.3) is 0 Å². The van der Waals surface area contributed by atoms with Crippen molar-refractivity contribution in [3.63, 3.8) is 0 Å². The number of benzene rings is 1. The van der Waals surface area contributed by atoms with Gasteiger partial charge in [0.2, 0.25) is 0 Å². The number of thiazole rings is 1. The number of nitrogens with zero attached hydrogens (tertiary/aromatic N) is 1. The lowest BCUT2D eigenvalue weighted by Crippen LogP contribution is -2.18. The van der Waals surface area contributed by atoms with E-state index in [4.69, 9.17) is 4.74 Å². The molecule has 0 saturated heterocycles. The molecule has 2 aromatic rings. The number of ether oxygens (including phenoxy) is 1. The van der Waals surface area contributed by atoms with Crippen LogP contribution in [0.25, 0.3) is 0 Å². The lowest BCUT2D eigenvalue weighted by atomic mass is 10.2. The smallest absolute Gasteiger partial charge is 0.119 e. The number of aromatic nitrogens is 1. The Labute approximate surface area is 132 Å². The Hall–Kier alpha value is -0.910. The van der Waals surface area contributed by atoms with E-state index in [2.05, 4.69) is 40.1 Å². The number of rotatable bonds is 6. The molecule has 0 saturated carbocycles. The highest BCUT2D eigenvalue weighted by Gasteiger charge is 2.10. The van der Waals surface area contributed by atoms with Crippen molar-refractivity contribution in [1.29, 1.82) is 0 Å². The molecular weight excluding hydrogens is 336 g/mol. The fourth-order valence-corrected chi connectivity index (χ4v) is 3.12. The molecule has 3 nitrogen and oxygen atoms in total. The van der Waals surface area contributed by atoms with E-state index < -0.39 is 0 Å². The van der Waals surface area contributed by atoms with Gasteiger partial charge in [0.15, 0.2) is 0 Å².